The Kier molecular flexibility index (Phi) is 9.04. The molecule has 34 heavy (non-hydrogen) atoms. The molecule has 0 saturated heterocycles. The van der Waals surface area contributed by atoms with Gasteiger partial charge < -0.3 is 14.2 Å². The topological polar surface area (TPSA) is 44.8 Å². The van der Waals surface area contributed by atoms with Crippen LogP contribution >= 0.6 is 0 Å². The number of carbonyl (C=O) groups is 1. The van der Waals surface area contributed by atoms with E-state index in [1.807, 2.05) is 43.3 Å². The van der Waals surface area contributed by atoms with Crippen molar-refractivity contribution in [2.75, 3.05) is 13.2 Å². The third-order valence-corrected chi connectivity index (χ3v) is 7.66. The molecule has 0 amide bonds. The molecule has 4 heteroatoms. The van der Waals surface area contributed by atoms with Crippen LogP contribution in [0, 0.1) is 31.6 Å². The average molecular weight is 465 g/mol. The maximum absolute atomic E-state index is 12.6. The van der Waals surface area contributed by atoms with Gasteiger partial charge in [0.25, 0.3) is 0 Å². The zero-order valence-electron chi connectivity index (χ0n) is 20.8. The Morgan fingerprint density at radius 2 is 1.24 bits per heavy atom. The molecule has 0 bridgehead atoms. The Hall–Kier alpha value is -2.33. The molecule has 2 aromatic rings. The summed E-state index contributed by atoms with van der Waals surface area (Å²) in [7, 11) is 0. The molecular formula is C30H40O4. The highest BCUT2D eigenvalue weighted by molar-refractivity contribution is 5.75. The van der Waals surface area contributed by atoms with E-state index in [1.54, 1.807) is 0 Å². The summed E-state index contributed by atoms with van der Waals surface area (Å²) in [5.74, 6) is 3.15. The van der Waals surface area contributed by atoms with Gasteiger partial charge in [0.1, 0.15) is 11.5 Å². The summed E-state index contributed by atoms with van der Waals surface area (Å²) >= 11 is 0. The maximum atomic E-state index is 12.6. The summed E-state index contributed by atoms with van der Waals surface area (Å²) in [6.07, 6.45) is 10.4. The van der Waals surface area contributed by atoms with Crippen molar-refractivity contribution in [2.45, 2.75) is 77.7 Å². The van der Waals surface area contributed by atoms with E-state index >= 15 is 0 Å². The van der Waals surface area contributed by atoms with Crippen molar-refractivity contribution < 1.29 is 19.0 Å². The fourth-order valence-corrected chi connectivity index (χ4v) is 5.49. The Balaban J connectivity index is 1.08. The van der Waals surface area contributed by atoms with Crippen LogP contribution in [0.25, 0.3) is 0 Å². The smallest absolute Gasteiger partial charge is 0.314 e. The average Bonchev–Trinajstić information content (AvgIpc) is 2.87. The van der Waals surface area contributed by atoms with Gasteiger partial charge in [-0.1, -0.05) is 35.4 Å². The summed E-state index contributed by atoms with van der Waals surface area (Å²) in [6.45, 7) is 5.60. The molecule has 2 saturated carbocycles. The van der Waals surface area contributed by atoms with Gasteiger partial charge in [0.05, 0.1) is 25.2 Å². The van der Waals surface area contributed by atoms with Crippen LogP contribution in [-0.2, 0) is 9.53 Å². The Morgan fingerprint density at radius 1 is 0.706 bits per heavy atom. The molecular weight excluding hydrogens is 424 g/mol. The molecule has 2 aliphatic rings. The number of rotatable bonds is 9. The molecule has 2 aromatic carbocycles. The lowest BCUT2D eigenvalue weighted by Crippen LogP contribution is -2.31. The van der Waals surface area contributed by atoms with Gasteiger partial charge in [0.2, 0.25) is 0 Å². The fourth-order valence-electron chi connectivity index (χ4n) is 5.49. The molecule has 0 spiro atoms. The van der Waals surface area contributed by atoms with E-state index in [-0.39, 0.29) is 11.9 Å². The SMILES string of the molecule is Cc1ccc(OCCCOC2CCC(C3CCC(C(=O)Oc4ccc(C)cc4)CC3)CC2)cc1. The van der Waals surface area contributed by atoms with E-state index in [9.17, 15) is 4.79 Å². The lowest BCUT2D eigenvalue weighted by atomic mass is 9.70. The predicted molar refractivity (Wildman–Crippen MR) is 135 cm³/mol. The van der Waals surface area contributed by atoms with Gasteiger partial charge in [-0.3, -0.25) is 4.79 Å². The predicted octanol–water partition coefficient (Wildman–Crippen LogP) is 7.06. The highest BCUT2D eigenvalue weighted by Crippen LogP contribution is 2.41. The molecule has 2 fully saturated rings. The minimum atomic E-state index is -0.0502. The van der Waals surface area contributed by atoms with Gasteiger partial charge in [-0.25, -0.2) is 0 Å². The number of benzene rings is 2. The summed E-state index contributed by atoms with van der Waals surface area (Å²) in [5, 5.41) is 0. The number of aryl methyl sites for hydroxylation is 2. The molecule has 0 N–H and O–H groups in total. The van der Waals surface area contributed by atoms with E-state index in [2.05, 4.69) is 19.1 Å². The van der Waals surface area contributed by atoms with Crippen LogP contribution in [0.4, 0.5) is 0 Å². The highest BCUT2D eigenvalue weighted by Gasteiger charge is 2.33. The third kappa shape index (κ3) is 7.33. The van der Waals surface area contributed by atoms with Crippen molar-refractivity contribution in [3.63, 3.8) is 0 Å². The molecule has 4 nitrogen and oxygen atoms in total. The molecule has 4 rings (SSSR count). The number of ether oxygens (including phenoxy) is 3. The highest BCUT2D eigenvalue weighted by atomic mass is 16.5. The largest absolute Gasteiger partial charge is 0.494 e. The van der Waals surface area contributed by atoms with Crippen LogP contribution in [0.2, 0.25) is 0 Å². The van der Waals surface area contributed by atoms with Crippen molar-refractivity contribution in [3.05, 3.63) is 59.7 Å². The molecule has 0 heterocycles. The first-order chi connectivity index (χ1) is 16.6. The lowest BCUT2D eigenvalue weighted by Gasteiger charge is -2.37. The third-order valence-electron chi connectivity index (χ3n) is 7.66. The van der Waals surface area contributed by atoms with Crippen LogP contribution in [0.5, 0.6) is 11.5 Å². The quantitative estimate of drug-likeness (QED) is 0.226. The van der Waals surface area contributed by atoms with Gasteiger partial charge in [-0.2, -0.15) is 0 Å². The molecule has 184 valence electrons. The maximum Gasteiger partial charge on any atom is 0.314 e. The Labute approximate surface area is 205 Å². The van der Waals surface area contributed by atoms with Crippen molar-refractivity contribution in [1.82, 2.24) is 0 Å². The second-order valence-corrected chi connectivity index (χ2v) is 10.3. The molecule has 0 atom stereocenters. The minimum Gasteiger partial charge on any atom is -0.494 e. The first kappa shape index (κ1) is 24.8. The van der Waals surface area contributed by atoms with E-state index < -0.39 is 0 Å². The van der Waals surface area contributed by atoms with E-state index in [4.69, 9.17) is 14.2 Å². The van der Waals surface area contributed by atoms with E-state index in [1.165, 1.54) is 36.8 Å². The standard InChI is InChI=1S/C30H40O4/c1-22-4-14-27(15-5-22)32-20-3-21-33-28-18-12-25(13-19-28)24-8-10-26(11-9-24)30(31)34-29-16-6-23(2)7-17-29/h4-7,14-17,24-26,28H,3,8-13,18-21H2,1-2H3. The first-order valence-corrected chi connectivity index (χ1v) is 13.2. The van der Waals surface area contributed by atoms with Gasteiger partial charge in [-0.15, -0.1) is 0 Å². The van der Waals surface area contributed by atoms with Crippen LogP contribution < -0.4 is 9.47 Å². The summed E-state index contributed by atoms with van der Waals surface area (Å²) < 4.78 is 17.6. The summed E-state index contributed by atoms with van der Waals surface area (Å²) in [5.41, 5.74) is 2.42. The fraction of sp³-hybridized carbons (Fsp3) is 0.567. The zero-order valence-corrected chi connectivity index (χ0v) is 20.8. The van der Waals surface area contributed by atoms with Crippen molar-refractivity contribution in [3.8, 4) is 11.5 Å². The van der Waals surface area contributed by atoms with Gasteiger partial charge in [-0.05, 0) is 101 Å². The molecule has 0 aliphatic heterocycles. The molecule has 0 radical (unpaired) electrons. The normalized spacial score (nSPS) is 25.0. The molecule has 0 aromatic heterocycles. The summed E-state index contributed by atoms with van der Waals surface area (Å²) in [4.78, 5) is 12.6. The van der Waals surface area contributed by atoms with Crippen molar-refractivity contribution in [1.29, 1.82) is 0 Å². The van der Waals surface area contributed by atoms with Crippen LogP contribution in [0.15, 0.2) is 48.5 Å². The minimum absolute atomic E-state index is 0.0502. The van der Waals surface area contributed by atoms with E-state index in [0.717, 1.165) is 56.3 Å². The zero-order chi connectivity index (χ0) is 23.8. The van der Waals surface area contributed by atoms with Crippen LogP contribution in [-0.4, -0.2) is 25.3 Å². The van der Waals surface area contributed by atoms with Gasteiger partial charge in [0.15, 0.2) is 0 Å². The van der Waals surface area contributed by atoms with Crippen molar-refractivity contribution >= 4 is 5.97 Å². The number of hydrogen-bond acceptors (Lipinski definition) is 4. The second kappa shape index (κ2) is 12.4. The van der Waals surface area contributed by atoms with Gasteiger partial charge in [0, 0.05) is 6.42 Å². The van der Waals surface area contributed by atoms with Crippen molar-refractivity contribution in [2.24, 2.45) is 17.8 Å². The van der Waals surface area contributed by atoms with Crippen LogP contribution in [0.3, 0.4) is 0 Å². The van der Waals surface area contributed by atoms with E-state index in [0.29, 0.717) is 18.5 Å². The number of hydrogen-bond donors (Lipinski definition) is 0. The lowest BCUT2D eigenvalue weighted by molar-refractivity contribution is -0.140. The number of carbonyl (C=O) groups excluding carboxylic acids is 1. The van der Waals surface area contributed by atoms with Gasteiger partial charge >= 0.3 is 5.97 Å². The molecule has 2 aliphatic carbocycles. The van der Waals surface area contributed by atoms with Crippen LogP contribution in [0.1, 0.15) is 68.9 Å². The summed E-state index contributed by atoms with van der Waals surface area (Å²) in [6, 6.07) is 15.9. The Bertz CT molecular complexity index is 873. The number of esters is 1. The first-order valence-electron chi connectivity index (χ1n) is 13.2. The molecule has 0 unspecified atom stereocenters. The monoisotopic (exact) mass is 464 g/mol. The second-order valence-electron chi connectivity index (χ2n) is 10.3. The Morgan fingerprint density at radius 3 is 1.82 bits per heavy atom.